The molecule has 0 saturated heterocycles. The monoisotopic (exact) mass is 392 g/mol. The van der Waals surface area contributed by atoms with E-state index in [1.807, 2.05) is 0 Å². The maximum Gasteiger partial charge on any atom is 0.210 e. The van der Waals surface area contributed by atoms with Crippen molar-refractivity contribution in [2.45, 2.75) is 30.8 Å². The minimum absolute atomic E-state index is 0.0739. The summed E-state index contributed by atoms with van der Waals surface area (Å²) in [5, 5.41) is 0. The average Bonchev–Trinajstić information content (AvgIpc) is 2.86. The standard InChI is InChI=1S/C20H18F2O4S/c1-4-20(2)19(23)17(13-9-14(21)11-15(22)10-13)18(26-20)12-5-7-16(8-6-12)27(3,24)25/h5-11H,4H2,1-3H3. The number of ketones is 1. The van der Waals surface area contributed by atoms with Gasteiger partial charge in [-0.05, 0) is 55.3 Å². The van der Waals surface area contributed by atoms with Crippen molar-refractivity contribution in [2.75, 3.05) is 6.26 Å². The fourth-order valence-corrected chi connectivity index (χ4v) is 3.57. The summed E-state index contributed by atoms with van der Waals surface area (Å²) in [5.41, 5.74) is -0.558. The van der Waals surface area contributed by atoms with Crippen molar-refractivity contribution < 1.29 is 26.7 Å². The Morgan fingerprint density at radius 2 is 1.56 bits per heavy atom. The summed E-state index contributed by atoms with van der Waals surface area (Å²) in [6.45, 7) is 3.39. The van der Waals surface area contributed by atoms with Gasteiger partial charge in [-0.1, -0.05) is 6.92 Å². The lowest BCUT2D eigenvalue weighted by Gasteiger charge is -2.21. The summed E-state index contributed by atoms with van der Waals surface area (Å²) in [6, 6.07) is 8.70. The van der Waals surface area contributed by atoms with E-state index < -0.39 is 27.1 Å². The van der Waals surface area contributed by atoms with Gasteiger partial charge in [0.25, 0.3) is 0 Å². The minimum atomic E-state index is -3.38. The lowest BCUT2D eigenvalue weighted by atomic mass is 9.90. The number of hydrogen-bond donors (Lipinski definition) is 0. The fraction of sp³-hybridized carbons (Fsp3) is 0.250. The van der Waals surface area contributed by atoms with Gasteiger partial charge in [0.1, 0.15) is 17.4 Å². The third-order valence-electron chi connectivity index (χ3n) is 4.63. The van der Waals surface area contributed by atoms with E-state index in [1.165, 1.54) is 24.3 Å². The Hall–Kier alpha value is -2.54. The molecule has 0 spiro atoms. The first-order valence-corrected chi connectivity index (χ1v) is 10.2. The number of ether oxygens (including phenoxy) is 1. The molecule has 0 saturated carbocycles. The second-order valence-electron chi connectivity index (χ2n) is 6.67. The molecule has 0 aliphatic carbocycles. The number of carbonyl (C=O) groups is 1. The van der Waals surface area contributed by atoms with E-state index in [1.54, 1.807) is 13.8 Å². The quantitative estimate of drug-likeness (QED) is 0.789. The van der Waals surface area contributed by atoms with Gasteiger partial charge in [0.05, 0.1) is 10.5 Å². The van der Waals surface area contributed by atoms with Gasteiger partial charge >= 0.3 is 0 Å². The van der Waals surface area contributed by atoms with Crippen LogP contribution in [0.1, 0.15) is 31.4 Å². The molecule has 0 N–H and O–H groups in total. The molecule has 2 aromatic carbocycles. The molecule has 142 valence electrons. The third-order valence-corrected chi connectivity index (χ3v) is 5.76. The molecule has 2 aromatic rings. The summed E-state index contributed by atoms with van der Waals surface area (Å²) in [5.74, 6) is -1.81. The highest BCUT2D eigenvalue weighted by Gasteiger charge is 2.45. The number of rotatable bonds is 4. The van der Waals surface area contributed by atoms with Crippen LogP contribution in [0.2, 0.25) is 0 Å². The van der Waals surface area contributed by atoms with Crippen LogP contribution in [0.3, 0.4) is 0 Å². The molecule has 0 bridgehead atoms. The SMILES string of the molecule is CCC1(C)OC(c2ccc(S(C)(=O)=O)cc2)=C(c2cc(F)cc(F)c2)C1=O. The number of benzene rings is 2. The fourth-order valence-electron chi connectivity index (χ4n) is 2.94. The van der Waals surface area contributed by atoms with E-state index in [2.05, 4.69) is 0 Å². The summed E-state index contributed by atoms with van der Waals surface area (Å²) >= 11 is 0. The molecule has 0 aromatic heterocycles. The first-order chi connectivity index (χ1) is 12.5. The van der Waals surface area contributed by atoms with Crippen molar-refractivity contribution in [3.05, 3.63) is 65.2 Å². The van der Waals surface area contributed by atoms with E-state index in [9.17, 15) is 22.0 Å². The number of hydrogen-bond acceptors (Lipinski definition) is 4. The molecular weight excluding hydrogens is 374 g/mol. The second kappa shape index (κ2) is 6.56. The van der Waals surface area contributed by atoms with Gasteiger partial charge in [0.2, 0.25) is 5.78 Å². The smallest absolute Gasteiger partial charge is 0.210 e. The highest BCUT2D eigenvalue weighted by molar-refractivity contribution is 7.90. The first kappa shape index (κ1) is 19.2. The maximum atomic E-state index is 13.7. The molecule has 0 amide bonds. The van der Waals surface area contributed by atoms with Crippen LogP contribution >= 0.6 is 0 Å². The van der Waals surface area contributed by atoms with Crippen LogP contribution in [0.15, 0.2) is 47.4 Å². The molecule has 27 heavy (non-hydrogen) atoms. The Labute approximate surface area is 156 Å². The molecule has 0 radical (unpaired) electrons. The molecule has 1 heterocycles. The summed E-state index contributed by atoms with van der Waals surface area (Å²) < 4.78 is 56.6. The zero-order chi connectivity index (χ0) is 20.0. The van der Waals surface area contributed by atoms with Crippen molar-refractivity contribution in [3.8, 4) is 0 Å². The van der Waals surface area contributed by atoms with Gasteiger partial charge in [-0.2, -0.15) is 0 Å². The highest BCUT2D eigenvalue weighted by atomic mass is 32.2. The molecule has 7 heteroatoms. The van der Waals surface area contributed by atoms with Crippen LogP contribution < -0.4 is 0 Å². The number of sulfone groups is 1. The topological polar surface area (TPSA) is 60.4 Å². The van der Waals surface area contributed by atoms with E-state index in [0.29, 0.717) is 12.0 Å². The highest BCUT2D eigenvalue weighted by Crippen LogP contribution is 2.43. The van der Waals surface area contributed by atoms with Crippen molar-refractivity contribution in [1.82, 2.24) is 0 Å². The van der Waals surface area contributed by atoms with E-state index >= 15 is 0 Å². The van der Waals surface area contributed by atoms with Gasteiger partial charge in [0, 0.05) is 17.9 Å². The predicted molar refractivity (Wildman–Crippen MR) is 97.5 cm³/mol. The predicted octanol–water partition coefficient (Wildman–Crippen LogP) is 4.00. The van der Waals surface area contributed by atoms with Crippen LogP contribution in [0.4, 0.5) is 8.78 Å². The summed E-state index contributed by atoms with van der Waals surface area (Å²) in [4.78, 5) is 13.1. The molecule has 3 rings (SSSR count). The molecule has 1 aliphatic heterocycles. The minimum Gasteiger partial charge on any atom is -0.478 e. The van der Waals surface area contributed by atoms with Crippen LogP contribution in [0.25, 0.3) is 11.3 Å². The molecule has 4 nitrogen and oxygen atoms in total. The zero-order valence-corrected chi connectivity index (χ0v) is 15.9. The molecule has 0 fully saturated rings. The van der Waals surface area contributed by atoms with E-state index in [0.717, 1.165) is 24.5 Å². The Bertz CT molecular complexity index is 1040. The Morgan fingerprint density at radius 3 is 2.04 bits per heavy atom. The van der Waals surface area contributed by atoms with Gasteiger partial charge in [0.15, 0.2) is 15.4 Å². The zero-order valence-electron chi connectivity index (χ0n) is 15.0. The van der Waals surface area contributed by atoms with Crippen molar-refractivity contribution >= 4 is 27.0 Å². The number of carbonyl (C=O) groups excluding carboxylic acids is 1. The van der Waals surface area contributed by atoms with Crippen molar-refractivity contribution in [1.29, 1.82) is 0 Å². The maximum absolute atomic E-state index is 13.7. The third kappa shape index (κ3) is 3.51. The largest absolute Gasteiger partial charge is 0.478 e. The lowest BCUT2D eigenvalue weighted by molar-refractivity contribution is -0.126. The Morgan fingerprint density at radius 1 is 1.00 bits per heavy atom. The Balaban J connectivity index is 2.20. The second-order valence-corrected chi connectivity index (χ2v) is 8.69. The van der Waals surface area contributed by atoms with E-state index in [4.69, 9.17) is 4.74 Å². The number of halogens is 2. The lowest BCUT2D eigenvalue weighted by Crippen LogP contribution is -2.32. The molecular formula is C20H18F2O4S. The normalized spacial score (nSPS) is 20.1. The van der Waals surface area contributed by atoms with Crippen LogP contribution in [-0.2, 0) is 19.4 Å². The van der Waals surface area contributed by atoms with Gasteiger partial charge in [-0.25, -0.2) is 17.2 Å². The molecule has 1 atom stereocenters. The van der Waals surface area contributed by atoms with Crippen LogP contribution in [0.5, 0.6) is 0 Å². The number of Topliss-reactive ketones (excluding diaryl/α,β-unsaturated/α-hetero) is 1. The van der Waals surface area contributed by atoms with Crippen molar-refractivity contribution in [2.24, 2.45) is 0 Å². The summed E-state index contributed by atoms with van der Waals surface area (Å²) in [6.07, 6.45) is 1.45. The van der Waals surface area contributed by atoms with Gasteiger partial charge in [-0.15, -0.1) is 0 Å². The van der Waals surface area contributed by atoms with Gasteiger partial charge < -0.3 is 4.74 Å². The van der Waals surface area contributed by atoms with Crippen LogP contribution in [0, 0.1) is 11.6 Å². The van der Waals surface area contributed by atoms with Crippen molar-refractivity contribution in [3.63, 3.8) is 0 Å². The average molecular weight is 392 g/mol. The van der Waals surface area contributed by atoms with Gasteiger partial charge in [-0.3, -0.25) is 4.79 Å². The van der Waals surface area contributed by atoms with Crippen LogP contribution in [-0.4, -0.2) is 26.1 Å². The summed E-state index contributed by atoms with van der Waals surface area (Å²) in [7, 11) is -3.38. The molecule has 1 unspecified atom stereocenters. The first-order valence-electron chi connectivity index (χ1n) is 8.30. The molecule has 1 aliphatic rings. The van der Waals surface area contributed by atoms with E-state index in [-0.39, 0.29) is 27.6 Å². The Kier molecular flexibility index (Phi) is 4.67.